The summed E-state index contributed by atoms with van der Waals surface area (Å²) in [6.45, 7) is 4.05. The van der Waals surface area contributed by atoms with Crippen LogP contribution in [0, 0.1) is 25.2 Å². The molecule has 0 aliphatic rings. The maximum atomic E-state index is 9.32. The fraction of sp³-hybridized carbons (Fsp3) is 0.118. The highest BCUT2D eigenvalue weighted by molar-refractivity contribution is 6.30. The first kappa shape index (κ1) is 14.3. The summed E-state index contributed by atoms with van der Waals surface area (Å²) in [5.74, 6) is 0. The minimum absolute atomic E-state index is 0.280. The molecule has 3 aromatic rings. The van der Waals surface area contributed by atoms with Gasteiger partial charge in [-0.05, 0) is 37.6 Å². The van der Waals surface area contributed by atoms with Gasteiger partial charge in [-0.25, -0.2) is 4.68 Å². The van der Waals surface area contributed by atoms with Crippen molar-refractivity contribution in [2.24, 2.45) is 0 Å². The first-order chi connectivity index (χ1) is 10.6. The Morgan fingerprint density at radius 3 is 2.64 bits per heavy atom. The molecule has 0 radical (unpaired) electrons. The van der Waals surface area contributed by atoms with Gasteiger partial charge in [-0.3, -0.25) is 0 Å². The summed E-state index contributed by atoms with van der Waals surface area (Å²) < 4.78 is 1.69. The van der Waals surface area contributed by atoms with Gasteiger partial charge >= 0.3 is 0 Å². The number of nitrogens with zero attached hydrogens (tertiary/aromatic N) is 4. The Morgan fingerprint density at radius 2 is 1.95 bits per heavy atom. The molecule has 0 amide bonds. The molecular weight excluding hydrogens is 296 g/mol. The molecule has 0 N–H and O–H groups in total. The van der Waals surface area contributed by atoms with E-state index in [9.17, 15) is 5.26 Å². The van der Waals surface area contributed by atoms with E-state index in [0.717, 1.165) is 16.8 Å². The molecule has 1 aromatic heterocycles. The molecule has 2 aromatic carbocycles. The summed E-state index contributed by atoms with van der Waals surface area (Å²) in [5.41, 5.74) is 4.88. The molecule has 1 heterocycles. The van der Waals surface area contributed by atoms with Gasteiger partial charge in [-0.2, -0.15) is 5.26 Å². The lowest BCUT2D eigenvalue weighted by molar-refractivity contribution is 0.801. The molecule has 0 aliphatic heterocycles. The SMILES string of the molecule is Cc1ccc(-n2nnc(C#N)c2-c2cccc(Cl)c2)c(C)c1. The van der Waals surface area contributed by atoms with Crippen LogP contribution in [0.1, 0.15) is 16.8 Å². The highest BCUT2D eigenvalue weighted by Gasteiger charge is 2.17. The Balaban J connectivity index is 2.26. The lowest BCUT2D eigenvalue weighted by Crippen LogP contribution is -2.02. The minimum Gasteiger partial charge on any atom is -0.211 e. The number of aryl methyl sites for hydroxylation is 2. The quantitative estimate of drug-likeness (QED) is 0.717. The topological polar surface area (TPSA) is 54.5 Å². The highest BCUT2D eigenvalue weighted by atomic mass is 35.5. The zero-order valence-corrected chi connectivity index (χ0v) is 13.0. The Hall–Kier alpha value is -2.64. The number of hydrogen-bond donors (Lipinski definition) is 0. The molecule has 4 nitrogen and oxygen atoms in total. The molecule has 0 aliphatic carbocycles. The maximum Gasteiger partial charge on any atom is 0.191 e. The Kier molecular flexibility index (Phi) is 3.66. The van der Waals surface area contributed by atoms with Crippen molar-refractivity contribution in [1.82, 2.24) is 15.0 Å². The van der Waals surface area contributed by atoms with E-state index < -0.39 is 0 Å². The maximum absolute atomic E-state index is 9.32. The third-order valence-electron chi connectivity index (χ3n) is 3.45. The van der Waals surface area contributed by atoms with E-state index >= 15 is 0 Å². The molecule has 22 heavy (non-hydrogen) atoms. The average molecular weight is 309 g/mol. The predicted molar refractivity (Wildman–Crippen MR) is 86.0 cm³/mol. The van der Waals surface area contributed by atoms with Gasteiger partial charge in [0.15, 0.2) is 5.69 Å². The largest absolute Gasteiger partial charge is 0.211 e. The van der Waals surface area contributed by atoms with Gasteiger partial charge in [0, 0.05) is 10.6 Å². The van der Waals surface area contributed by atoms with Crippen molar-refractivity contribution in [1.29, 1.82) is 5.26 Å². The van der Waals surface area contributed by atoms with Gasteiger partial charge in [-0.15, -0.1) is 5.10 Å². The fourth-order valence-electron chi connectivity index (χ4n) is 2.46. The van der Waals surface area contributed by atoms with Crippen LogP contribution in [0.2, 0.25) is 5.02 Å². The number of benzene rings is 2. The van der Waals surface area contributed by atoms with Crippen molar-refractivity contribution in [3.63, 3.8) is 0 Å². The lowest BCUT2D eigenvalue weighted by Gasteiger charge is -2.10. The van der Waals surface area contributed by atoms with Gasteiger partial charge in [-0.1, -0.05) is 46.6 Å². The van der Waals surface area contributed by atoms with Crippen molar-refractivity contribution < 1.29 is 0 Å². The summed E-state index contributed by atoms with van der Waals surface area (Å²) in [6, 6.07) is 15.5. The normalized spacial score (nSPS) is 10.5. The molecule has 0 spiro atoms. The van der Waals surface area contributed by atoms with Crippen LogP contribution in [-0.2, 0) is 0 Å². The van der Waals surface area contributed by atoms with Gasteiger partial charge in [0.2, 0.25) is 0 Å². The van der Waals surface area contributed by atoms with Crippen molar-refractivity contribution in [2.75, 3.05) is 0 Å². The van der Waals surface area contributed by atoms with Crippen LogP contribution in [0.3, 0.4) is 0 Å². The second-order valence-corrected chi connectivity index (χ2v) is 5.55. The summed E-state index contributed by atoms with van der Waals surface area (Å²) in [7, 11) is 0. The Labute approximate surface area is 133 Å². The fourth-order valence-corrected chi connectivity index (χ4v) is 2.65. The zero-order valence-electron chi connectivity index (χ0n) is 12.2. The van der Waals surface area contributed by atoms with Crippen molar-refractivity contribution in [2.45, 2.75) is 13.8 Å². The molecule has 0 saturated heterocycles. The van der Waals surface area contributed by atoms with Crippen LogP contribution in [0.15, 0.2) is 42.5 Å². The van der Waals surface area contributed by atoms with Crippen molar-refractivity contribution in [3.8, 4) is 23.0 Å². The second kappa shape index (κ2) is 5.63. The molecule has 108 valence electrons. The summed E-state index contributed by atoms with van der Waals surface area (Å²) in [4.78, 5) is 0. The van der Waals surface area contributed by atoms with E-state index in [-0.39, 0.29) is 5.69 Å². The van der Waals surface area contributed by atoms with Gasteiger partial charge in [0.05, 0.1) is 5.69 Å². The van der Waals surface area contributed by atoms with Crippen LogP contribution in [0.4, 0.5) is 0 Å². The van der Waals surface area contributed by atoms with Crippen LogP contribution >= 0.6 is 11.6 Å². The third kappa shape index (κ3) is 2.47. The van der Waals surface area contributed by atoms with Gasteiger partial charge in [0.25, 0.3) is 0 Å². The Bertz CT molecular complexity index is 890. The third-order valence-corrected chi connectivity index (χ3v) is 3.69. The summed E-state index contributed by atoms with van der Waals surface area (Å²) in [6.07, 6.45) is 0. The first-order valence-electron chi connectivity index (χ1n) is 6.79. The summed E-state index contributed by atoms with van der Waals surface area (Å²) in [5, 5.41) is 18.1. The number of hydrogen-bond acceptors (Lipinski definition) is 3. The first-order valence-corrected chi connectivity index (χ1v) is 7.17. The molecule has 0 fully saturated rings. The number of halogens is 1. The van der Waals surface area contributed by atoms with Crippen molar-refractivity contribution >= 4 is 11.6 Å². The Morgan fingerprint density at radius 1 is 1.14 bits per heavy atom. The van der Waals surface area contributed by atoms with E-state index in [1.54, 1.807) is 16.8 Å². The molecule has 0 atom stereocenters. The molecule has 5 heteroatoms. The van der Waals surface area contributed by atoms with E-state index in [1.165, 1.54) is 5.56 Å². The van der Waals surface area contributed by atoms with Crippen LogP contribution in [-0.4, -0.2) is 15.0 Å². The number of rotatable bonds is 2. The number of nitriles is 1. The van der Waals surface area contributed by atoms with E-state index in [2.05, 4.69) is 22.4 Å². The van der Waals surface area contributed by atoms with Crippen LogP contribution in [0.5, 0.6) is 0 Å². The number of aromatic nitrogens is 3. The standard InChI is InChI=1S/C17H13ClN4/c1-11-6-7-16(12(2)8-11)22-17(15(10-19)20-21-22)13-4-3-5-14(18)9-13/h3-9H,1-2H3. The monoisotopic (exact) mass is 308 g/mol. The van der Waals surface area contributed by atoms with Crippen LogP contribution < -0.4 is 0 Å². The van der Waals surface area contributed by atoms with Crippen LogP contribution in [0.25, 0.3) is 16.9 Å². The van der Waals surface area contributed by atoms with E-state index in [4.69, 9.17) is 11.6 Å². The molecule has 0 saturated carbocycles. The zero-order chi connectivity index (χ0) is 15.7. The molecular formula is C17H13ClN4. The summed E-state index contributed by atoms with van der Waals surface area (Å²) >= 11 is 6.07. The molecule has 0 unspecified atom stereocenters. The second-order valence-electron chi connectivity index (χ2n) is 5.11. The smallest absolute Gasteiger partial charge is 0.191 e. The average Bonchev–Trinajstić information content (AvgIpc) is 2.91. The molecule has 0 bridgehead atoms. The van der Waals surface area contributed by atoms with Gasteiger partial charge in [0.1, 0.15) is 11.8 Å². The molecule has 3 rings (SSSR count). The van der Waals surface area contributed by atoms with E-state index in [1.807, 2.05) is 38.1 Å². The van der Waals surface area contributed by atoms with E-state index in [0.29, 0.717) is 10.7 Å². The van der Waals surface area contributed by atoms with Gasteiger partial charge < -0.3 is 0 Å². The minimum atomic E-state index is 0.280. The predicted octanol–water partition coefficient (Wildman–Crippen LogP) is 4.08. The highest BCUT2D eigenvalue weighted by Crippen LogP contribution is 2.28. The lowest BCUT2D eigenvalue weighted by atomic mass is 10.1. The van der Waals surface area contributed by atoms with Crippen molar-refractivity contribution in [3.05, 3.63) is 64.3 Å².